The van der Waals surface area contributed by atoms with Gasteiger partial charge in [0.2, 0.25) is 0 Å². The van der Waals surface area contributed by atoms with Gasteiger partial charge in [-0.05, 0) is 11.5 Å². The first-order valence-electron chi connectivity index (χ1n) is 3.90. The molecule has 0 aliphatic rings. The van der Waals surface area contributed by atoms with Gasteiger partial charge in [-0.25, -0.2) is 0 Å². The van der Waals surface area contributed by atoms with Gasteiger partial charge in [0.25, 0.3) is 0 Å². The number of hydrogen-bond acceptors (Lipinski definition) is 1. The zero-order chi connectivity index (χ0) is 9.26. The van der Waals surface area contributed by atoms with Crippen LogP contribution >= 0.6 is 11.6 Å². The Labute approximate surface area is 81.2 Å². The predicted molar refractivity (Wildman–Crippen MR) is 53.7 cm³/mol. The highest BCUT2D eigenvalue weighted by atomic mass is 35.5. The van der Waals surface area contributed by atoms with Crippen LogP contribution in [0.2, 0.25) is 5.02 Å². The molecule has 0 unspecified atom stereocenters. The Balaban J connectivity index is 2.89. The first-order chi connectivity index (χ1) is 6.33. The molecule has 0 bridgehead atoms. The summed E-state index contributed by atoms with van der Waals surface area (Å²) in [6, 6.07) is 13.4. The number of benzene rings is 2. The Morgan fingerprint density at radius 3 is 2.62 bits per heavy atom. The van der Waals surface area contributed by atoms with E-state index in [1.165, 1.54) is 0 Å². The third-order valence-corrected chi connectivity index (χ3v) is 2.39. The van der Waals surface area contributed by atoms with Gasteiger partial charge in [-0.15, -0.1) is 0 Å². The molecule has 1 nitrogen and oxygen atoms in total. The summed E-state index contributed by atoms with van der Waals surface area (Å²) in [7, 11) is 0. The minimum absolute atomic E-state index is 0.528. The Kier molecular flexibility index (Phi) is 1.92. The smallest absolute Gasteiger partial charge is 0.101 e. The molecule has 2 aromatic carbocycles. The molecule has 0 aromatic heterocycles. The summed E-state index contributed by atoms with van der Waals surface area (Å²) < 4.78 is 0. The number of fused-ring (bicyclic) bond motifs is 1. The fraction of sp³-hybridized carbons (Fsp3) is 0. The van der Waals surface area contributed by atoms with Gasteiger partial charge < -0.3 is 0 Å². The van der Waals surface area contributed by atoms with Crippen LogP contribution in [0, 0.1) is 11.3 Å². The highest BCUT2D eigenvalue weighted by molar-refractivity contribution is 6.36. The summed E-state index contributed by atoms with van der Waals surface area (Å²) in [6.07, 6.45) is 0. The van der Waals surface area contributed by atoms with Crippen molar-refractivity contribution < 1.29 is 0 Å². The SMILES string of the molecule is N#Cc1ccc2ccccc2c1Cl. The number of halogens is 1. The van der Waals surface area contributed by atoms with Crippen molar-refractivity contribution in [2.75, 3.05) is 0 Å². The second-order valence-corrected chi connectivity index (χ2v) is 3.14. The normalized spacial score (nSPS) is 9.85. The zero-order valence-corrected chi connectivity index (χ0v) is 7.55. The van der Waals surface area contributed by atoms with Crippen LogP contribution in [0.5, 0.6) is 0 Å². The monoisotopic (exact) mass is 187 g/mol. The average Bonchev–Trinajstić information content (AvgIpc) is 2.19. The average molecular weight is 188 g/mol. The van der Waals surface area contributed by atoms with Crippen molar-refractivity contribution in [3.8, 4) is 6.07 Å². The molecule has 0 saturated carbocycles. The largest absolute Gasteiger partial charge is 0.192 e. The van der Waals surface area contributed by atoms with Crippen molar-refractivity contribution in [1.29, 1.82) is 5.26 Å². The van der Waals surface area contributed by atoms with E-state index in [1.807, 2.05) is 30.3 Å². The maximum absolute atomic E-state index is 8.74. The lowest BCUT2D eigenvalue weighted by Crippen LogP contribution is -1.79. The summed E-state index contributed by atoms with van der Waals surface area (Å²) in [4.78, 5) is 0. The van der Waals surface area contributed by atoms with Crippen molar-refractivity contribution >= 4 is 22.4 Å². The van der Waals surface area contributed by atoms with Gasteiger partial charge in [-0.1, -0.05) is 41.9 Å². The van der Waals surface area contributed by atoms with Gasteiger partial charge in [-0.2, -0.15) is 5.26 Å². The molecule has 0 fully saturated rings. The van der Waals surface area contributed by atoms with Gasteiger partial charge in [0.1, 0.15) is 6.07 Å². The fourth-order valence-corrected chi connectivity index (χ4v) is 1.60. The van der Waals surface area contributed by atoms with Crippen LogP contribution in [0.1, 0.15) is 5.56 Å². The summed E-state index contributed by atoms with van der Waals surface area (Å²) >= 11 is 6.02. The predicted octanol–water partition coefficient (Wildman–Crippen LogP) is 3.36. The molecule has 2 heteroatoms. The van der Waals surface area contributed by atoms with Gasteiger partial charge in [0.15, 0.2) is 0 Å². The van der Waals surface area contributed by atoms with Crippen LogP contribution in [0.4, 0.5) is 0 Å². The van der Waals surface area contributed by atoms with E-state index in [-0.39, 0.29) is 0 Å². The summed E-state index contributed by atoms with van der Waals surface area (Å²) in [6.45, 7) is 0. The Hall–Kier alpha value is -1.52. The quantitative estimate of drug-likeness (QED) is 0.621. The van der Waals surface area contributed by atoms with Crippen LogP contribution < -0.4 is 0 Å². The molecule has 2 rings (SSSR count). The fourth-order valence-electron chi connectivity index (χ4n) is 1.32. The van der Waals surface area contributed by atoms with Crippen LogP contribution in [0.25, 0.3) is 10.8 Å². The zero-order valence-electron chi connectivity index (χ0n) is 6.79. The van der Waals surface area contributed by atoms with Crippen molar-refractivity contribution in [2.45, 2.75) is 0 Å². The maximum atomic E-state index is 8.74. The van der Waals surface area contributed by atoms with Gasteiger partial charge in [0.05, 0.1) is 10.6 Å². The van der Waals surface area contributed by atoms with Gasteiger partial charge in [-0.3, -0.25) is 0 Å². The minimum Gasteiger partial charge on any atom is -0.192 e. The number of nitriles is 1. The highest BCUT2D eigenvalue weighted by Crippen LogP contribution is 2.26. The van der Waals surface area contributed by atoms with E-state index >= 15 is 0 Å². The number of rotatable bonds is 0. The van der Waals surface area contributed by atoms with Crippen LogP contribution in [0.15, 0.2) is 36.4 Å². The summed E-state index contributed by atoms with van der Waals surface area (Å²) in [5.74, 6) is 0. The first kappa shape index (κ1) is 8.10. The Bertz CT molecular complexity index is 497. The standard InChI is InChI=1S/C11H6ClN/c12-11-9(7-13)6-5-8-3-1-2-4-10(8)11/h1-6H. The third kappa shape index (κ3) is 1.26. The highest BCUT2D eigenvalue weighted by Gasteiger charge is 2.02. The lowest BCUT2D eigenvalue weighted by Gasteiger charge is -2.00. The summed E-state index contributed by atoms with van der Waals surface area (Å²) in [5, 5.41) is 11.3. The van der Waals surface area contributed by atoms with Crippen LogP contribution in [-0.2, 0) is 0 Å². The molecule has 0 radical (unpaired) electrons. The second kappa shape index (κ2) is 3.08. The molecule has 0 saturated heterocycles. The second-order valence-electron chi connectivity index (χ2n) is 2.76. The van der Waals surface area contributed by atoms with Crippen LogP contribution in [0.3, 0.4) is 0 Å². The van der Waals surface area contributed by atoms with E-state index in [4.69, 9.17) is 16.9 Å². The van der Waals surface area contributed by atoms with E-state index in [2.05, 4.69) is 6.07 Å². The molecule has 2 aromatic rings. The van der Waals surface area contributed by atoms with Crippen LogP contribution in [-0.4, -0.2) is 0 Å². The van der Waals surface area contributed by atoms with E-state index < -0.39 is 0 Å². The molecule has 0 N–H and O–H groups in total. The Morgan fingerprint density at radius 1 is 1.08 bits per heavy atom. The van der Waals surface area contributed by atoms with E-state index in [1.54, 1.807) is 6.07 Å². The number of hydrogen-bond donors (Lipinski definition) is 0. The van der Waals surface area contributed by atoms with Crippen molar-refractivity contribution in [1.82, 2.24) is 0 Å². The molecular weight excluding hydrogens is 182 g/mol. The van der Waals surface area contributed by atoms with E-state index in [9.17, 15) is 0 Å². The third-order valence-electron chi connectivity index (χ3n) is 1.98. The van der Waals surface area contributed by atoms with Gasteiger partial charge >= 0.3 is 0 Å². The molecule has 0 atom stereocenters. The summed E-state index contributed by atoms with van der Waals surface area (Å²) in [5.41, 5.74) is 0.528. The minimum atomic E-state index is 0.528. The van der Waals surface area contributed by atoms with Gasteiger partial charge in [0, 0.05) is 5.39 Å². The van der Waals surface area contributed by atoms with E-state index in [0.717, 1.165) is 10.8 Å². The van der Waals surface area contributed by atoms with Crippen molar-refractivity contribution in [3.05, 3.63) is 47.0 Å². The molecule has 62 valence electrons. The molecule has 0 amide bonds. The topological polar surface area (TPSA) is 23.8 Å². The molecular formula is C11H6ClN. The molecule has 0 aliphatic carbocycles. The lowest BCUT2D eigenvalue weighted by atomic mass is 10.1. The maximum Gasteiger partial charge on any atom is 0.101 e. The van der Waals surface area contributed by atoms with E-state index in [0.29, 0.717) is 10.6 Å². The first-order valence-corrected chi connectivity index (χ1v) is 4.28. The van der Waals surface area contributed by atoms with Crippen molar-refractivity contribution in [3.63, 3.8) is 0 Å². The number of nitrogens with zero attached hydrogens (tertiary/aromatic N) is 1. The lowest BCUT2D eigenvalue weighted by molar-refractivity contribution is 1.50. The Morgan fingerprint density at radius 2 is 1.85 bits per heavy atom. The molecule has 13 heavy (non-hydrogen) atoms. The molecule has 0 heterocycles. The van der Waals surface area contributed by atoms with Crippen molar-refractivity contribution in [2.24, 2.45) is 0 Å². The molecule has 0 spiro atoms. The molecule has 0 aliphatic heterocycles.